The normalized spacial score (nSPS) is 18.8. The summed E-state index contributed by atoms with van der Waals surface area (Å²) < 4.78 is 4.79. The van der Waals surface area contributed by atoms with Gasteiger partial charge in [0.05, 0.1) is 13.5 Å². The standard InChI is InChI=1S/C24H33N3O5/c1-3-4-5-6-7-11-14-18(24(31)32-2)25-21(28)16-20-23(30)26-19(22(29)27-20)15-17-12-9-8-10-13-17/h3,8-10,12-13,18-20H,1,4-7,11,14-16H2,2H3,(H,25,28)(H,26,30)(H,27,29)/t18-,19-,20-/m0/s1. The second kappa shape index (κ2) is 13.3. The zero-order chi connectivity index (χ0) is 23.3. The van der Waals surface area contributed by atoms with Crippen LogP contribution in [0.4, 0.5) is 0 Å². The Balaban J connectivity index is 1.83. The van der Waals surface area contributed by atoms with Gasteiger partial charge in [-0.15, -0.1) is 6.58 Å². The molecule has 3 atom stereocenters. The van der Waals surface area contributed by atoms with Crippen LogP contribution in [-0.2, 0) is 30.3 Å². The van der Waals surface area contributed by atoms with Crippen molar-refractivity contribution in [2.45, 2.75) is 69.5 Å². The highest BCUT2D eigenvalue weighted by atomic mass is 16.5. The fraction of sp³-hybridized carbons (Fsp3) is 0.500. The molecule has 32 heavy (non-hydrogen) atoms. The van der Waals surface area contributed by atoms with Gasteiger partial charge in [-0.2, -0.15) is 0 Å². The van der Waals surface area contributed by atoms with Crippen molar-refractivity contribution in [3.63, 3.8) is 0 Å². The molecule has 0 radical (unpaired) electrons. The molecular weight excluding hydrogens is 410 g/mol. The number of ether oxygens (including phenoxy) is 1. The minimum Gasteiger partial charge on any atom is -0.467 e. The van der Waals surface area contributed by atoms with Crippen LogP contribution in [0.5, 0.6) is 0 Å². The van der Waals surface area contributed by atoms with Crippen molar-refractivity contribution in [1.82, 2.24) is 16.0 Å². The fourth-order valence-corrected chi connectivity index (χ4v) is 3.63. The number of rotatable bonds is 13. The number of esters is 1. The Morgan fingerprint density at radius 3 is 2.41 bits per heavy atom. The van der Waals surface area contributed by atoms with Crippen LogP contribution in [-0.4, -0.2) is 48.9 Å². The van der Waals surface area contributed by atoms with E-state index in [1.807, 2.05) is 36.4 Å². The van der Waals surface area contributed by atoms with E-state index >= 15 is 0 Å². The number of piperazine rings is 1. The first-order chi connectivity index (χ1) is 15.4. The van der Waals surface area contributed by atoms with E-state index < -0.39 is 35.9 Å². The van der Waals surface area contributed by atoms with E-state index in [-0.39, 0.29) is 12.3 Å². The third kappa shape index (κ3) is 8.17. The number of methoxy groups -OCH3 is 1. The van der Waals surface area contributed by atoms with Crippen LogP contribution in [0.15, 0.2) is 43.0 Å². The topological polar surface area (TPSA) is 114 Å². The summed E-state index contributed by atoms with van der Waals surface area (Å²) >= 11 is 0. The van der Waals surface area contributed by atoms with Crippen LogP contribution in [0.3, 0.4) is 0 Å². The number of carbonyl (C=O) groups is 4. The number of benzene rings is 1. The van der Waals surface area contributed by atoms with Gasteiger partial charge in [0.25, 0.3) is 0 Å². The molecule has 8 nitrogen and oxygen atoms in total. The van der Waals surface area contributed by atoms with Gasteiger partial charge in [0.1, 0.15) is 18.1 Å². The molecule has 1 aromatic rings. The number of hydrogen-bond donors (Lipinski definition) is 3. The maximum absolute atomic E-state index is 12.5. The number of hydrogen-bond acceptors (Lipinski definition) is 5. The highest BCUT2D eigenvalue weighted by molar-refractivity contribution is 5.99. The molecule has 1 aliphatic rings. The fourth-order valence-electron chi connectivity index (χ4n) is 3.63. The Hall–Kier alpha value is -3.16. The first kappa shape index (κ1) is 25.1. The number of amides is 3. The molecule has 1 aromatic carbocycles. The lowest BCUT2D eigenvalue weighted by Crippen LogP contribution is -2.63. The summed E-state index contributed by atoms with van der Waals surface area (Å²) in [6, 6.07) is 6.92. The van der Waals surface area contributed by atoms with Gasteiger partial charge in [-0.3, -0.25) is 14.4 Å². The third-order valence-electron chi connectivity index (χ3n) is 5.41. The molecule has 0 spiro atoms. The van der Waals surface area contributed by atoms with Gasteiger partial charge in [0.15, 0.2) is 0 Å². The van der Waals surface area contributed by atoms with Crippen molar-refractivity contribution in [3.05, 3.63) is 48.6 Å². The maximum atomic E-state index is 12.5. The number of allylic oxidation sites excluding steroid dienone is 1. The Kier molecular flexibility index (Phi) is 10.4. The van der Waals surface area contributed by atoms with E-state index in [0.29, 0.717) is 12.8 Å². The minimum absolute atomic E-state index is 0.248. The van der Waals surface area contributed by atoms with Crippen LogP contribution in [0.2, 0.25) is 0 Å². The number of nitrogens with one attached hydrogen (secondary N) is 3. The molecule has 2 rings (SSSR count). The Morgan fingerprint density at radius 1 is 1.06 bits per heavy atom. The summed E-state index contributed by atoms with van der Waals surface area (Å²) in [5.74, 6) is -1.77. The van der Waals surface area contributed by atoms with Crippen molar-refractivity contribution in [2.75, 3.05) is 7.11 Å². The molecule has 0 saturated carbocycles. The number of unbranched alkanes of at least 4 members (excludes halogenated alkanes) is 4. The predicted molar refractivity (Wildman–Crippen MR) is 120 cm³/mol. The van der Waals surface area contributed by atoms with Crippen molar-refractivity contribution in [2.24, 2.45) is 0 Å². The van der Waals surface area contributed by atoms with Gasteiger partial charge in [-0.25, -0.2) is 4.79 Å². The third-order valence-corrected chi connectivity index (χ3v) is 5.41. The van der Waals surface area contributed by atoms with E-state index in [1.165, 1.54) is 7.11 Å². The lowest BCUT2D eigenvalue weighted by molar-refractivity contribution is -0.145. The van der Waals surface area contributed by atoms with Crippen LogP contribution >= 0.6 is 0 Å². The summed E-state index contributed by atoms with van der Waals surface area (Å²) in [4.78, 5) is 49.4. The Bertz CT molecular complexity index is 796. The maximum Gasteiger partial charge on any atom is 0.328 e. The summed E-state index contributed by atoms with van der Waals surface area (Å²) in [5.41, 5.74) is 0.926. The SMILES string of the molecule is C=CCCCCCC[C@H](NC(=O)C[C@@H]1NC(=O)[C@H](Cc2ccccc2)NC1=O)C(=O)OC. The number of carbonyl (C=O) groups excluding carboxylic acids is 4. The highest BCUT2D eigenvalue weighted by Crippen LogP contribution is 2.11. The first-order valence-electron chi connectivity index (χ1n) is 11.1. The zero-order valence-electron chi connectivity index (χ0n) is 18.6. The average Bonchev–Trinajstić information content (AvgIpc) is 2.78. The summed E-state index contributed by atoms with van der Waals surface area (Å²) in [6.45, 7) is 3.69. The van der Waals surface area contributed by atoms with Crippen LogP contribution in [0.1, 0.15) is 50.5 Å². The van der Waals surface area contributed by atoms with E-state index in [1.54, 1.807) is 0 Å². The molecular formula is C24H33N3O5. The van der Waals surface area contributed by atoms with Gasteiger partial charge in [0.2, 0.25) is 17.7 Å². The lowest BCUT2D eigenvalue weighted by Gasteiger charge is -2.29. The minimum atomic E-state index is -0.980. The second-order valence-corrected chi connectivity index (χ2v) is 7.94. The van der Waals surface area contributed by atoms with Crippen LogP contribution < -0.4 is 16.0 Å². The molecule has 3 amide bonds. The highest BCUT2D eigenvalue weighted by Gasteiger charge is 2.35. The van der Waals surface area contributed by atoms with E-state index in [9.17, 15) is 19.2 Å². The second-order valence-electron chi connectivity index (χ2n) is 7.94. The lowest BCUT2D eigenvalue weighted by atomic mass is 10.0. The van der Waals surface area contributed by atoms with Gasteiger partial charge >= 0.3 is 5.97 Å². The summed E-state index contributed by atoms with van der Waals surface area (Å²) in [6.07, 6.45) is 7.17. The van der Waals surface area contributed by atoms with Gasteiger partial charge < -0.3 is 20.7 Å². The average molecular weight is 444 g/mol. The largest absolute Gasteiger partial charge is 0.467 e. The van der Waals surface area contributed by atoms with Crippen LogP contribution in [0.25, 0.3) is 0 Å². The quantitative estimate of drug-likeness (QED) is 0.244. The molecule has 1 aliphatic heterocycles. The van der Waals surface area contributed by atoms with Crippen molar-refractivity contribution < 1.29 is 23.9 Å². The molecule has 0 unspecified atom stereocenters. The molecule has 0 aliphatic carbocycles. The first-order valence-corrected chi connectivity index (χ1v) is 11.1. The van der Waals surface area contributed by atoms with E-state index in [2.05, 4.69) is 22.5 Å². The molecule has 0 bridgehead atoms. The molecule has 1 heterocycles. The van der Waals surface area contributed by atoms with Gasteiger partial charge in [-0.05, 0) is 24.8 Å². The predicted octanol–water partition coefficient (Wildman–Crippen LogP) is 1.79. The molecule has 3 N–H and O–H groups in total. The Morgan fingerprint density at radius 2 is 1.72 bits per heavy atom. The zero-order valence-corrected chi connectivity index (χ0v) is 18.6. The molecule has 174 valence electrons. The summed E-state index contributed by atoms with van der Waals surface area (Å²) in [5, 5.41) is 7.95. The van der Waals surface area contributed by atoms with Crippen LogP contribution in [0, 0.1) is 0 Å². The van der Waals surface area contributed by atoms with Crippen molar-refractivity contribution >= 4 is 23.7 Å². The molecule has 1 fully saturated rings. The smallest absolute Gasteiger partial charge is 0.328 e. The van der Waals surface area contributed by atoms with E-state index in [0.717, 1.165) is 37.7 Å². The Labute approximate surface area is 189 Å². The molecule has 8 heteroatoms. The van der Waals surface area contributed by atoms with Gasteiger partial charge in [-0.1, -0.05) is 55.7 Å². The summed E-state index contributed by atoms with van der Waals surface area (Å²) in [7, 11) is 1.27. The van der Waals surface area contributed by atoms with Crippen molar-refractivity contribution in [3.8, 4) is 0 Å². The monoisotopic (exact) mass is 443 g/mol. The van der Waals surface area contributed by atoms with Crippen molar-refractivity contribution in [1.29, 1.82) is 0 Å². The van der Waals surface area contributed by atoms with E-state index in [4.69, 9.17) is 4.74 Å². The molecule has 0 aromatic heterocycles. The molecule has 1 saturated heterocycles. The van der Waals surface area contributed by atoms with Gasteiger partial charge in [0, 0.05) is 6.42 Å².